The average Bonchev–Trinajstić information content (AvgIpc) is 2.13. The molecule has 0 saturated heterocycles. The molecule has 0 saturated carbocycles. The SMILES string of the molecule is CC.CC1=C(C)N(C(C)C)C=CC1. The summed E-state index contributed by atoms with van der Waals surface area (Å²) in [6, 6.07) is 0.585. The number of rotatable bonds is 1. The van der Waals surface area contributed by atoms with Gasteiger partial charge < -0.3 is 4.90 Å². The summed E-state index contributed by atoms with van der Waals surface area (Å²) >= 11 is 0. The first-order valence-electron chi connectivity index (χ1n) is 5.24. The minimum absolute atomic E-state index is 0.585. The van der Waals surface area contributed by atoms with E-state index in [4.69, 9.17) is 0 Å². The summed E-state index contributed by atoms with van der Waals surface area (Å²) in [5.74, 6) is 0. The molecule has 0 unspecified atom stereocenters. The van der Waals surface area contributed by atoms with Crippen molar-refractivity contribution >= 4 is 0 Å². The van der Waals surface area contributed by atoms with Gasteiger partial charge in [0.1, 0.15) is 0 Å². The van der Waals surface area contributed by atoms with Crippen LogP contribution in [0.15, 0.2) is 23.5 Å². The fraction of sp³-hybridized carbons (Fsp3) is 0.667. The Morgan fingerprint density at radius 2 is 1.77 bits per heavy atom. The van der Waals surface area contributed by atoms with Gasteiger partial charge in [-0.1, -0.05) is 25.5 Å². The van der Waals surface area contributed by atoms with Crippen LogP contribution in [-0.2, 0) is 0 Å². The topological polar surface area (TPSA) is 3.24 Å². The zero-order valence-electron chi connectivity index (χ0n) is 9.89. The van der Waals surface area contributed by atoms with Crippen LogP contribution >= 0.6 is 0 Å². The van der Waals surface area contributed by atoms with Crippen molar-refractivity contribution in [2.24, 2.45) is 0 Å². The van der Waals surface area contributed by atoms with Crippen molar-refractivity contribution in [3.05, 3.63) is 23.5 Å². The Hall–Kier alpha value is -0.720. The van der Waals surface area contributed by atoms with Gasteiger partial charge in [-0.2, -0.15) is 0 Å². The predicted molar refractivity (Wildman–Crippen MR) is 60.5 cm³/mol. The fourth-order valence-corrected chi connectivity index (χ4v) is 1.38. The van der Waals surface area contributed by atoms with Gasteiger partial charge in [0, 0.05) is 17.9 Å². The minimum atomic E-state index is 0.585. The van der Waals surface area contributed by atoms with E-state index in [0.717, 1.165) is 6.42 Å². The normalized spacial score (nSPS) is 16.1. The molecule has 0 aromatic heterocycles. The highest BCUT2D eigenvalue weighted by Gasteiger charge is 2.11. The number of hydrogen-bond donors (Lipinski definition) is 0. The van der Waals surface area contributed by atoms with Crippen molar-refractivity contribution in [2.75, 3.05) is 0 Å². The van der Waals surface area contributed by atoms with Gasteiger partial charge in [-0.25, -0.2) is 0 Å². The van der Waals surface area contributed by atoms with E-state index >= 15 is 0 Å². The molecule has 1 aliphatic rings. The van der Waals surface area contributed by atoms with Gasteiger partial charge in [-0.05, 0) is 34.1 Å². The standard InChI is InChI=1S/C10H17N.C2H6/c1-8(2)11-7-5-6-9(3)10(11)4;1-2/h5,7-8H,6H2,1-4H3;1-2H3. The third-order valence-corrected chi connectivity index (χ3v) is 2.25. The highest BCUT2D eigenvalue weighted by molar-refractivity contribution is 5.19. The van der Waals surface area contributed by atoms with Crippen LogP contribution in [0.1, 0.15) is 48.0 Å². The monoisotopic (exact) mass is 181 g/mol. The fourth-order valence-electron chi connectivity index (χ4n) is 1.38. The number of hydrogen-bond acceptors (Lipinski definition) is 1. The van der Waals surface area contributed by atoms with Gasteiger partial charge in [-0.15, -0.1) is 0 Å². The second-order valence-corrected chi connectivity index (χ2v) is 3.46. The Bertz CT molecular complexity index is 199. The maximum Gasteiger partial charge on any atom is 0.0276 e. The first kappa shape index (κ1) is 12.3. The zero-order valence-corrected chi connectivity index (χ0v) is 9.89. The molecule has 0 aromatic carbocycles. The molecule has 0 aromatic rings. The Morgan fingerprint density at radius 1 is 1.23 bits per heavy atom. The summed E-state index contributed by atoms with van der Waals surface area (Å²) in [5.41, 5.74) is 2.91. The lowest BCUT2D eigenvalue weighted by molar-refractivity contribution is 0.374. The minimum Gasteiger partial charge on any atom is -0.350 e. The van der Waals surface area contributed by atoms with Crippen molar-refractivity contribution in [2.45, 2.75) is 54.0 Å². The molecule has 76 valence electrons. The van der Waals surface area contributed by atoms with Crippen LogP contribution in [0.4, 0.5) is 0 Å². The van der Waals surface area contributed by atoms with Crippen LogP contribution in [0.25, 0.3) is 0 Å². The summed E-state index contributed by atoms with van der Waals surface area (Å²) in [6.07, 6.45) is 5.53. The summed E-state index contributed by atoms with van der Waals surface area (Å²) in [4.78, 5) is 2.32. The molecule has 0 amide bonds. The molecule has 0 fully saturated rings. The first-order valence-corrected chi connectivity index (χ1v) is 5.24. The third kappa shape index (κ3) is 3.25. The van der Waals surface area contributed by atoms with Crippen molar-refractivity contribution in [1.29, 1.82) is 0 Å². The third-order valence-electron chi connectivity index (χ3n) is 2.25. The van der Waals surface area contributed by atoms with Crippen LogP contribution in [0.5, 0.6) is 0 Å². The van der Waals surface area contributed by atoms with E-state index in [-0.39, 0.29) is 0 Å². The smallest absolute Gasteiger partial charge is 0.0276 e. The maximum absolute atomic E-state index is 2.32. The molecule has 0 N–H and O–H groups in total. The molecule has 0 spiro atoms. The van der Waals surface area contributed by atoms with Gasteiger partial charge >= 0.3 is 0 Å². The Balaban J connectivity index is 0.000000671. The lowest BCUT2D eigenvalue weighted by Crippen LogP contribution is -2.25. The molecular weight excluding hydrogens is 158 g/mol. The molecule has 1 aliphatic heterocycles. The maximum atomic E-state index is 2.32. The molecule has 1 heteroatoms. The van der Waals surface area contributed by atoms with Gasteiger partial charge in [0.05, 0.1) is 0 Å². The van der Waals surface area contributed by atoms with Crippen molar-refractivity contribution in [1.82, 2.24) is 4.90 Å². The molecule has 0 radical (unpaired) electrons. The van der Waals surface area contributed by atoms with E-state index in [1.165, 1.54) is 11.3 Å². The Kier molecular flexibility index (Phi) is 5.52. The van der Waals surface area contributed by atoms with E-state index in [0.29, 0.717) is 6.04 Å². The van der Waals surface area contributed by atoms with Crippen molar-refractivity contribution in [3.8, 4) is 0 Å². The lowest BCUT2D eigenvalue weighted by atomic mass is 10.1. The zero-order chi connectivity index (χ0) is 10.4. The predicted octanol–water partition coefficient (Wildman–Crippen LogP) is 3.93. The highest BCUT2D eigenvalue weighted by atomic mass is 15.1. The number of nitrogens with zero attached hydrogens (tertiary/aromatic N) is 1. The van der Waals surface area contributed by atoms with Crippen molar-refractivity contribution < 1.29 is 0 Å². The van der Waals surface area contributed by atoms with E-state index < -0.39 is 0 Å². The highest BCUT2D eigenvalue weighted by Crippen LogP contribution is 2.21. The van der Waals surface area contributed by atoms with Crippen LogP contribution in [0, 0.1) is 0 Å². The first-order chi connectivity index (χ1) is 6.13. The van der Waals surface area contributed by atoms with E-state index in [1.807, 2.05) is 13.8 Å². The summed E-state index contributed by atoms with van der Waals surface area (Å²) in [5, 5.41) is 0. The Labute approximate surface area is 83.1 Å². The molecule has 0 aliphatic carbocycles. The van der Waals surface area contributed by atoms with Gasteiger partial charge in [0.15, 0.2) is 0 Å². The lowest BCUT2D eigenvalue weighted by Gasteiger charge is -2.30. The quantitative estimate of drug-likeness (QED) is 0.592. The molecule has 0 atom stereocenters. The molecule has 0 bridgehead atoms. The van der Waals surface area contributed by atoms with Gasteiger partial charge in [0.2, 0.25) is 0 Å². The Morgan fingerprint density at radius 3 is 2.15 bits per heavy atom. The van der Waals surface area contributed by atoms with Crippen LogP contribution in [0.2, 0.25) is 0 Å². The molecule has 1 nitrogen and oxygen atoms in total. The largest absolute Gasteiger partial charge is 0.350 e. The second-order valence-electron chi connectivity index (χ2n) is 3.46. The van der Waals surface area contributed by atoms with Gasteiger partial charge in [-0.3, -0.25) is 0 Å². The van der Waals surface area contributed by atoms with Crippen LogP contribution < -0.4 is 0 Å². The van der Waals surface area contributed by atoms with Crippen LogP contribution in [-0.4, -0.2) is 10.9 Å². The van der Waals surface area contributed by atoms with E-state index in [1.54, 1.807) is 0 Å². The van der Waals surface area contributed by atoms with E-state index in [2.05, 4.69) is 44.9 Å². The van der Waals surface area contributed by atoms with Crippen molar-refractivity contribution in [3.63, 3.8) is 0 Å². The second kappa shape index (κ2) is 5.85. The van der Waals surface area contributed by atoms with Crippen LogP contribution in [0.3, 0.4) is 0 Å². The average molecular weight is 181 g/mol. The molecule has 1 heterocycles. The number of allylic oxidation sites excluding steroid dienone is 3. The summed E-state index contributed by atoms with van der Waals surface area (Å²) in [6.45, 7) is 12.8. The molecule has 1 rings (SSSR count). The molecule has 13 heavy (non-hydrogen) atoms. The molecular formula is C12H23N. The summed E-state index contributed by atoms with van der Waals surface area (Å²) in [7, 11) is 0. The summed E-state index contributed by atoms with van der Waals surface area (Å²) < 4.78 is 0. The van der Waals surface area contributed by atoms with Gasteiger partial charge in [0.25, 0.3) is 0 Å². The van der Waals surface area contributed by atoms with E-state index in [9.17, 15) is 0 Å².